The van der Waals surface area contributed by atoms with Crippen molar-refractivity contribution in [2.45, 2.75) is 25.7 Å². The van der Waals surface area contributed by atoms with Crippen LogP contribution >= 0.6 is 22.7 Å². The zero-order valence-electron chi connectivity index (χ0n) is 10.7. The number of rotatable bonds is 2. The molecule has 3 aromatic heterocycles. The minimum Gasteiger partial charge on any atom is -0.308 e. The smallest absolute Gasteiger partial charge is 0.174 e. The Kier molecular flexibility index (Phi) is 2.90. The summed E-state index contributed by atoms with van der Waals surface area (Å²) < 4.78 is 0. The van der Waals surface area contributed by atoms with E-state index in [1.165, 1.54) is 34.6 Å². The lowest BCUT2D eigenvalue weighted by molar-refractivity contribution is 0.700. The maximum Gasteiger partial charge on any atom is 0.174 e. The average Bonchev–Trinajstić information content (AvgIpc) is 3.13. The molecule has 0 saturated heterocycles. The number of anilines is 1. The van der Waals surface area contributed by atoms with Gasteiger partial charge in [0.05, 0.1) is 15.8 Å². The van der Waals surface area contributed by atoms with Crippen molar-refractivity contribution >= 4 is 38.7 Å². The number of aryl methyl sites for hydroxylation is 2. The molecular formula is C13H13N5S2. The van der Waals surface area contributed by atoms with Crippen molar-refractivity contribution in [3.63, 3.8) is 0 Å². The van der Waals surface area contributed by atoms with Crippen LogP contribution in [0.25, 0.3) is 20.9 Å². The Hall–Kier alpha value is -1.57. The van der Waals surface area contributed by atoms with E-state index >= 15 is 0 Å². The lowest BCUT2D eigenvalue weighted by Gasteiger charge is -2.11. The van der Waals surface area contributed by atoms with E-state index in [9.17, 15) is 0 Å². The second-order valence-electron chi connectivity index (χ2n) is 4.80. The number of fused-ring (bicyclic) bond motifs is 3. The molecule has 3 aromatic rings. The van der Waals surface area contributed by atoms with Gasteiger partial charge in [-0.1, -0.05) is 0 Å². The van der Waals surface area contributed by atoms with E-state index in [-0.39, 0.29) is 0 Å². The summed E-state index contributed by atoms with van der Waals surface area (Å²) in [5, 5.41) is 1.11. The monoisotopic (exact) mass is 303 g/mol. The number of hydrogen-bond acceptors (Lipinski definition) is 7. The van der Waals surface area contributed by atoms with Crippen molar-refractivity contribution in [1.82, 2.24) is 15.0 Å². The molecule has 0 aliphatic heterocycles. The maximum absolute atomic E-state index is 5.68. The molecule has 0 atom stereocenters. The zero-order valence-corrected chi connectivity index (χ0v) is 12.4. The number of thiophene rings is 1. The molecule has 1 aliphatic rings. The molecule has 3 heterocycles. The predicted octanol–water partition coefficient (Wildman–Crippen LogP) is 2.98. The van der Waals surface area contributed by atoms with E-state index in [4.69, 9.17) is 10.8 Å². The van der Waals surface area contributed by atoms with E-state index in [0.717, 1.165) is 33.8 Å². The molecule has 0 unspecified atom stereocenters. The van der Waals surface area contributed by atoms with Crippen molar-refractivity contribution in [3.8, 4) is 10.7 Å². The number of hydrazine groups is 1. The maximum atomic E-state index is 5.68. The molecule has 0 aromatic carbocycles. The SMILES string of the molecule is NNc1nc(-c2cncs2)nc2sc3c(c12)CCCC3. The van der Waals surface area contributed by atoms with Crippen LogP contribution in [-0.4, -0.2) is 15.0 Å². The van der Waals surface area contributed by atoms with Crippen molar-refractivity contribution in [2.75, 3.05) is 5.43 Å². The van der Waals surface area contributed by atoms with Gasteiger partial charge in [0.2, 0.25) is 0 Å². The third-order valence-corrected chi connectivity index (χ3v) is 5.56. The van der Waals surface area contributed by atoms with Gasteiger partial charge in [0, 0.05) is 11.1 Å². The van der Waals surface area contributed by atoms with E-state index in [1.807, 2.05) is 0 Å². The van der Waals surface area contributed by atoms with E-state index < -0.39 is 0 Å². The fourth-order valence-corrected chi connectivity index (χ4v) is 4.51. The summed E-state index contributed by atoms with van der Waals surface area (Å²) in [5.41, 5.74) is 5.93. The van der Waals surface area contributed by atoms with Gasteiger partial charge in [-0.05, 0) is 31.2 Å². The van der Waals surface area contributed by atoms with E-state index in [0.29, 0.717) is 5.82 Å². The summed E-state index contributed by atoms with van der Waals surface area (Å²) in [5.74, 6) is 7.12. The molecular weight excluding hydrogens is 290 g/mol. The quantitative estimate of drug-likeness (QED) is 0.562. The molecule has 0 radical (unpaired) electrons. The van der Waals surface area contributed by atoms with Gasteiger partial charge in [-0.15, -0.1) is 22.7 Å². The van der Waals surface area contributed by atoms with Gasteiger partial charge in [-0.2, -0.15) is 0 Å². The first-order valence-electron chi connectivity index (χ1n) is 6.54. The molecule has 0 amide bonds. The summed E-state index contributed by atoms with van der Waals surface area (Å²) >= 11 is 3.32. The lowest BCUT2D eigenvalue weighted by atomic mass is 9.97. The second-order valence-corrected chi connectivity index (χ2v) is 6.77. The first-order valence-corrected chi connectivity index (χ1v) is 8.24. The van der Waals surface area contributed by atoms with Crippen molar-refractivity contribution in [3.05, 3.63) is 22.1 Å². The minimum atomic E-state index is 0.701. The van der Waals surface area contributed by atoms with Gasteiger partial charge >= 0.3 is 0 Å². The van der Waals surface area contributed by atoms with E-state index in [2.05, 4.69) is 15.4 Å². The summed E-state index contributed by atoms with van der Waals surface area (Å²) in [7, 11) is 0. The Morgan fingerprint density at radius 2 is 2.10 bits per heavy atom. The molecule has 1 aliphatic carbocycles. The number of thiazole rings is 1. The molecule has 102 valence electrons. The molecule has 7 heteroatoms. The van der Waals surface area contributed by atoms with Crippen LogP contribution in [0.3, 0.4) is 0 Å². The summed E-state index contributed by atoms with van der Waals surface area (Å²) in [6, 6.07) is 0. The van der Waals surface area contributed by atoms with Gasteiger partial charge in [0.15, 0.2) is 11.6 Å². The number of nitrogen functional groups attached to an aromatic ring is 1. The largest absolute Gasteiger partial charge is 0.308 e. The number of nitrogens with two attached hydrogens (primary N) is 1. The van der Waals surface area contributed by atoms with Gasteiger partial charge in [-0.3, -0.25) is 4.98 Å². The second kappa shape index (κ2) is 4.76. The van der Waals surface area contributed by atoms with Crippen LogP contribution in [0.2, 0.25) is 0 Å². The Balaban J connectivity index is 1.99. The minimum absolute atomic E-state index is 0.701. The molecule has 3 N–H and O–H groups in total. The van der Waals surface area contributed by atoms with Crippen molar-refractivity contribution in [1.29, 1.82) is 0 Å². The zero-order chi connectivity index (χ0) is 13.5. The number of aromatic nitrogens is 3. The topological polar surface area (TPSA) is 76.7 Å². The molecule has 0 bridgehead atoms. The van der Waals surface area contributed by atoms with Crippen LogP contribution in [0.15, 0.2) is 11.7 Å². The van der Waals surface area contributed by atoms with Crippen LogP contribution < -0.4 is 11.3 Å². The normalized spacial score (nSPS) is 14.4. The summed E-state index contributed by atoms with van der Waals surface area (Å²) in [4.78, 5) is 16.8. The highest BCUT2D eigenvalue weighted by Gasteiger charge is 2.21. The number of nitrogens with zero attached hydrogens (tertiary/aromatic N) is 3. The van der Waals surface area contributed by atoms with Crippen LogP contribution in [0.4, 0.5) is 5.82 Å². The van der Waals surface area contributed by atoms with Gasteiger partial charge in [0.25, 0.3) is 0 Å². The number of nitrogens with one attached hydrogen (secondary N) is 1. The predicted molar refractivity (Wildman–Crippen MR) is 83.0 cm³/mol. The average molecular weight is 303 g/mol. The first kappa shape index (κ1) is 12.2. The summed E-state index contributed by atoms with van der Waals surface area (Å²) in [6.07, 6.45) is 6.54. The van der Waals surface area contributed by atoms with Crippen molar-refractivity contribution in [2.24, 2.45) is 5.84 Å². The first-order chi connectivity index (χ1) is 9.86. The van der Waals surface area contributed by atoms with Crippen LogP contribution in [0.1, 0.15) is 23.3 Å². The molecule has 0 spiro atoms. The third-order valence-electron chi connectivity index (χ3n) is 3.60. The lowest BCUT2D eigenvalue weighted by Crippen LogP contribution is -2.10. The molecule has 5 nitrogen and oxygen atoms in total. The van der Waals surface area contributed by atoms with Crippen LogP contribution in [0.5, 0.6) is 0 Å². The summed E-state index contributed by atoms with van der Waals surface area (Å²) in [6.45, 7) is 0. The molecule has 20 heavy (non-hydrogen) atoms. The van der Waals surface area contributed by atoms with Gasteiger partial charge < -0.3 is 5.43 Å². The molecule has 0 fully saturated rings. The van der Waals surface area contributed by atoms with Gasteiger partial charge in [-0.25, -0.2) is 15.8 Å². The molecule has 0 saturated carbocycles. The highest BCUT2D eigenvalue weighted by molar-refractivity contribution is 7.19. The van der Waals surface area contributed by atoms with E-state index in [1.54, 1.807) is 23.0 Å². The van der Waals surface area contributed by atoms with Gasteiger partial charge in [0.1, 0.15) is 4.83 Å². The Morgan fingerprint density at radius 1 is 1.20 bits per heavy atom. The van der Waals surface area contributed by atoms with Crippen LogP contribution in [-0.2, 0) is 12.8 Å². The fraction of sp³-hybridized carbons (Fsp3) is 0.308. The standard InChI is InChI=1S/C13H13N5S2/c14-18-12-10-7-3-1-2-4-8(7)20-13(10)17-11(16-12)9-5-15-6-19-9/h5-6H,1-4,14H2,(H,16,17,18). The fourth-order valence-electron chi connectivity index (χ4n) is 2.70. The van der Waals surface area contributed by atoms with Crippen molar-refractivity contribution < 1.29 is 0 Å². The highest BCUT2D eigenvalue weighted by atomic mass is 32.1. The Morgan fingerprint density at radius 3 is 2.90 bits per heavy atom. The highest BCUT2D eigenvalue weighted by Crippen LogP contribution is 2.39. The third kappa shape index (κ3) is 1.81. The Bertz CT molecular complexity index is 763. The molecule has 4 rings (SSSR count). The Labute approximate surface area is 123 Å². The van der Waals surface area contributed by atoms with Crippen LogP contribution in [0, 0.1) is 0 Å². The number of hydrogen-bond donors (Lipinski definition) is 2.